The van der Waals surface area contributed by atoms with E-state index in [-0.39, 0.29) is 0 Å². The number of hydrogen-bond acceptors (Lipinski definition) is 2. The molecule has 3 rings (SSSR count). The van der Waals surface area contributed by atoms with Gasteiger partial charge in [0.1, 0.15) is 5.78 Å². The first-order valence-electron chi connectivity index (χ1n) is 5.60. The van der Waals surface area contributed by atoms with Crippen molar-refractivity contribution in [1.29, 1.82) is 0 Å². The summed E-state index contributed by atoms with van der Waals surface area (Å²) in [7, 11) is 0. The minimum Gasteiger partial charge on any atom is -0.300 e. The van der Waals surface area contributed by atoms with Gasteiger partial charge in [0.2, 0.25) is 0 Å². The molecule has 1 aliphatic carbocycles. The lowest BCUT2D eigenvalue weighted by Crippen LogP contribution is -2.44. The highest BCUT2D eigenvalue weighted by atomic mass is 16.1. The highest BCUT2D eigenvalue weighted by molar-refractivity contribution is 5.80. The van der Waals surface area contributed by atoms with Crippen LogP contribution in [0, 0.1) is 5.92 Å². The molecule has 1 saturated carbocycles. The summed E-state index contributed by atoms with van der Waals surface area (Å²) in [6.45, 7) is 1.29. The van der Waals surface area contributed by atoms with Gasteiger partial charge in [0.25, 0.3) is 0 Å². The Morgan fingerprint density at radius 3 is 2.23 bits per heavy atom. The summed E-state index contributed by atoms with van der Waals surface area (Å²) in [6.07, 6.45) is 7.13. The minimum absolute atomic E-state index is 0.513. The molecule has 2 heterocycles. The van der Waals surface area contributed by atoms with Crippen molar-refractivity contribution >= 4 is 5.78 Å². The number of carbonyl (C=O) groups is 1. The Morgan fingerprint density at radius 2 is 1.69 bits per heavy atom. The van der Waals surface area contributed by atoms with E-state index in [1.165, 1.54) is 32.2 Å². The van der Waals surface area contributed by atoms with E-state index in [1.807, 2.05) is 0 Å². The Labute approximate surface area is 79.3 Å². The van der Waals surface area contributed by atoms with Gasteiger partial charge in [0.15, 0.2) is 0 Å². The Balaban J connectivity index is 1.70. The first-order valence-corrected chi connectivity index (χ1v) is 5.60. The highest BCUT2D eigenvalue weighted by Gasteiger charge is 2.41. The van der Waals surface area contributed by atoms with E-state index in [0.29, 0.717) is 17.9 Å². The maximum absolute atomic E-state index is 11.3. The third kappa shape index (κ3) is 1.41. The zero-order valence-corrected chi connectivity index (χ0v) is 8.04. The Morgan fingerprint density at radius 1 is 1.08 bits per heavy atom. The second-order valence-corrected chi connectivity index (χ2v) is 4.97. The molecule has 0 radical (unpaired) electrons. The predicted molar refractivity (Wildman–Crippen MR) is 50.5 cm³/mol. The Bertz CT molecular complexity index is 218. The fourth-order valence-electron chi connectivity index (χ4n) is 2.96. The smallest absolute Gasteiger partial charge is 0.136 e. The summed E-state index contributed by atoms with van der Waals surface area (Å²) in [5.41, 5.74) is 0. The van der Waals surface area contributed by atoms with Crippen molar-refractivity contribution in [3.05, 3.63) is 0 Å². The van der Waals surface area contributed by atoms with E-state index in [0.717, 1.165) is 18.8 Å². The largest absolute Gasteiger partial charge is 0.300 e. The number of nitrogens with zero attached hydrogens (tertiary/aromatic N) is 1. The quantitative estimate of drug-likeness (QED) is 0.641. The molecule has 3 fully saturated rings. The molecule has 2 bridgehead atoms. The molecule has 72 valence electrons. The van der Waals surface area contributed by atoms with E-state index >= 15 is 0 Å². The zero-order chi connectivity index (χ0) is 8.84. The molecule has 13 heavy (non-hydrogen) atoms. The van der Waals surface area contributed by atoms with E-state index in [4.69, 9.17) is 0 Å². The van der Waals surface area contributed by atoms with Gasteiger partial charge in [-0.1, -0.05) is 0 Å². The molecule has 2 heteroatoms. The van der Waals surface area contributed by atoms with Crippen LogP contribution < -0.4 is 0 Å². The standard InChI is InChI=1S/C11H17NO/c13-11-5-9-3-4-10(6-11)12(9)7-8-1-2-8/h8-10H,1-7H2. The topological polar surface area (TPSA) is 20.3 Å². The Hall–Kier alpha value is -0.370. The van der Waals surface area contributed by atoms with Crippen LogP contribution in [0.4, 0.5) is 0 Å². The summed E-state index contributed by atoms with van der Waals surface area (Å²) in [5.74, 6) is 1.50. The van der Waals surface area contributed by atoms with Crippen molar-refractivity contribution in [2.24, 2.45) is 5.92 Å². The van der Waals surface area contributed by atoms with Crippen molar-refractivity contribution in [3.8, 4) is 0 Å². The molecule has 0 amide bonds. The summed E-state index contributed by atoms with van der Waals surface area (Å²) < 4.78 is 0. The lowest BCUT2D eigenvalue weighted by atomic mass is 10.0. The van der Waals surface area contributed by atoms with Crippen LogP contribution in [-0.2, 0) is 4.79 Å². The van der Waals surface area contributed by atoms with Crippen LogP contribution in [0.3, 0.4) is 0 Å². The number of carbonyl (C=O) groups excluding carboxylic acids is 1. The van der Waals surface area contributed by atoms with Gasteiger partial charge in [-0.05, 0) is 31.6 Å². The van der Waals surface area contributed by atoms with Gasteiger partial charge in [-0.2, -0.15) is 0 Å². The Kier molecular flexibility index (Phi) is 1.72. The van der Waals surface area contributed by atoms with E-state index in [2.05, 4.69) is 4.90 Å². The van der Waals surface area contributed by atoms with E-state index in [1.54, 1.807) is 0 Å². The molecule has 2 aliphatic heterocycles. The maximum atomic E-state index is 11.3. The van der Waals surface area contributed by atoms with Gasteiger partial charge in [-0.15, -0.1) is 0 Å². The minimum atomic E-state index is 0.513. The molecular formula is C11H17NO. The van der Waals surface area contributed by atoms with Gasteiger partial charge >= 0.3 is 0 Å². The SMILES string of the molecule is O=C1CC2CCC(C1)N2CC1CC1. The molecule has 0 aromatic carbocycles. The van der Waals surface area contributed by atoms with E-state index in [9.17, 15) is 4.79 Å². The fraction of sp³-hybridized carbons (Fsp3) is 0.909. The zero-order valence-electron chi connectivity index (χ0n) is 8.04. The van der Waals surface area contributed by atoms with Gasteiger partial charge in [0, 0.05) is 31.5 Å². The van der Waals surface area contributed by atoms with Gasteiger partial charge in [-0.25, -0.2) is 0 Å². The monoisotopic (exact) mass is 179 g/mol. The average Bonchev–Trinajstić information content (AvgIpc) is 2.83. The molecule has 2 unspecified atom stereocenters. The normalized spacial score (nSPS) is 39.8. The highest BCUT2D eigenvalue weighted by Crippen LogP contribution is 2.38. The van der Waals surface area contributed by atoms with Crippen LogP contribution in [0.25, 0.3) is 0 Å². The number of piperidine rings is 1. The number of hydrogen-bond donors (Lipinski definition) is 0. The molecule has 3 aliphatic rings. The fourth-order valence-corrected chi connectivity index (χ4v) is 2.96. The summed E-state index contributed by atoms with van der Waals surface area (Å²) in [4.78, 5) is 14.0. The van der Waals surface area contributed by atoms with Crippen LogP contribution in [0.1, 0.15) is 38.5 Å². The van der Waals surface area contributed by atoms with Gasteiger partial charge < -0.3 is 0 Å². The van der Waals surface area contributed by atoms with E-state index < -0.39 is 0 Å². The molecule has 2 nitrogen and oxygen atoms in total. The van der Waals surface area contributed by atoms with Crippen molar-refractivity contribution in [1.82, 2.24) is 4.90 Å². The first kappa shape index (κ1) is 7.98. The summed E-state index contributed by atoms with van der Waals surface area (Å²) in [5, 5.41) is 0. The van der Waals surface area contributed by atoms with Crippen molar-refractivity contribution in [2.75, 3.05) is 6.54 Å². The van der Waals surface area contributed by atoms with Crippen LogP contribution in [0.15, 0.2) is 0 Å². The third-order valence-electron chi connectivity index (χ3n) is 3.86. The molecule has 0 N–H and O–H groups in total. The average molecular weight is 179 g/mol. The third-order valence-corrected chi connectivity index (χ3v) is 3.86. The second-order valence-electron chi connectivity index (χ2n) is 4.97. The summed E-state index contributed by atoms with van der Waals surface area (Å²) >= 11 is 0. The lowest BCUT2D eigenvalue weighted by Gasteiger charge is -2.33. The predicted octanol–water partition coefficient (Wildman–Crippen LogP) is 1.59. The number of Topliss-reactive ketones (excluding diaryl/α,β-unsaturated/α-hetero) is 1. The van der Waals surface area contributed by atoms with Crippen LogP contribution in [0.5, 0.6) is 0 Å². The van der Waals surface area contributed by atoms with Crippen molar-refractivity contribution in [2.45, 2.75) is 50.6 Å². The lowest BCUT2D eigenvalue weighted by molar-refractivity contribution is -0.123. The number of ketones is 1. The van der Waals surface area contributed by atoms with Crippen molar-refractivity contribution in [3.63, 3.8) is 0 Å². The molecule has 0 aromatic rings. The van der Waals surface area contributed by atoms with Crippen LogP contribution >= 0.6 is 0 Å². The first-order chi connectivity index (χ1) is 6.33. The van der Waals surface area contributed by atoms with Crippen LogP contribution in [0.2, 0.25) is 0 Å². The van der Waals surface area contributed by atoms with Crippen LogP contribution in [-0.4, -0.2) is 29.3 Å². The molecule has 2 saturated heterocycles. The number of rotatable bonds is 2. The molecule has 2 atom stereocenters. The summed E-state index contributed by atoms with van der Waals surface area (Å²) in [6, 6.07) is 1.26. The van der Waals surface area contributed by atoms with Gasteiger partial charge in [0.05, 0.1) is 0 Å². The second kappa shape index (κ2) is 2.81. The van der Waals surface area contributed by atoms with Gasteiger partial charge in [-0.3, -0.25) is 9.69 Å². The molecule has 0 spiro atoms. The maximum Gasteiger partial charge on any atom is 0.136 e. The molecule has 0 aromatic heterocycles. The number of fused-ring (bicyclic) bond motifs is 2. The molecular weight excluding hydrogens is 162 g/mol. The van der Waals surface area contributed by atoms with Crippen molar-refractivity contribution < 1.29 is 4.79 Å².